The molecule has 1 aliphatic heterocycles. The second kappa shape index (κ2) is 6.65. The highest BCUT2D eigenvalue weighted by atomic mass is 79.9. The summed E-state index contributed by atoms with van der Waals surface area (Å²) in [5.41, 5.74) is 0. The van der Waals surface area contributed by atoms with Gasteiger partial charge in [0.05, 0.1) is 6.10 Å². The number of likely N-dealkylation sites (tertiary alicyclic amines) is 1. The predicted molar refractivity (Wildman–Crippen MR) is 73.9 cm³/mol. The van der Waals surface area contributed by atoms with E-state index in [2.05, 4.69) is 32.3 Å². The first-order chi connectivity index (χ1) is 8.65. The monoisotopic (exact) mass is 333 g/mol. The molecule has 2 heterocycles. The van der Waals surface area contributed by atoms with E-state index in [1.165, 1.54) is 9.35 Å². The zero-order chi connectivity index (χ0) is 13.0. The van der Waals surface area contributed by atoms with Gasteiger partial charge in [0.2, 0.25) is 0 Å². The van der Waals surface area contributed by atoms with Crippen LogP contribution in [0, 0.1) is 0 Å². The average molecular weight is 334 g/mol. The third-order valence-corrected chi connectivity index (χ3v) is 4.95. The molecule has 0 aliphatic carbocycles. The smallest absolute Gasteiger partial charge is 0.329 e. The Hall–Kier alpha value is -0.430. The van der Waals surface area contributed by atoms with E-state index in [1.54, 1.807) is 11.3 Å². The number of rotatable bonds is 5. The van der Waals surface area contributed by atoms with Crippen LogP contribution in [-0.2, 0) is 16.1 Å². The van der Waals surface area contributed by atoms with Gasteiger partial charge in [-0.25, -0.2) is 4.79 Å². The standard InChI is InChI=1S/C12H16BrNO3S/c13-10-3-6-18-11(10)7-14-4-1-9(2-5-14)17-8-12(15)16/h3,6,9H,1-2,4-5,7-8H2,(H,15,16). The van der Waals surface area contributed by atoms with E-state index in [0.717, 1.165) is 32.5 Å². The fourth-order valence-corrected chi connectivity index (χ4v) is 3.58. The van der Waals surface area contributed by atoms with Crippen molar-refractivity contribution in [1.82, 2.24) is 4.90 Å². The Morgan fingerprint density at radius 1 is 1.56 bits per heavy atom. The van der Waals surface area contributed by atoms with Crippen molar-refractivity contribution in [3.63, 3.8) is 0 Å². The number of carbonyl (C=O) groups is 1. The van der Waals surface area contributed by atoms with Crippen LogP contribution >= 0.6 is 27.3 Å². The second-order valence-corrected chi connectivity index (χ2v) is 6.23. The van der Waals surface area contributed by atoms with Crippen molar-refractivity contribution in [2.45, 2.75) is 25.5 Å². The van der Waals surface area contributed by atoms with Crippen molar-refractivity contribution >= 4 is 33.2 Å². The fraction of sp³-hybridized carbons (Fsp3) is 0.583. The molecule has 18 heavy (non-hydrogen) atoms. The minimum Gasteiger partial charge on any atom is -0.480 e. The summed E-state index contributed by atoms with van der Waals surface area (Å²) in [5, 5.41) is 10.6. The molecule has 1 saturated heterocycles. The molecule has 0 unspecified atom stereocenters. The highest BCUT2D eigenvalue weighted by Gasteiger charge is 2.21. The molecule has 1 aromatic heterocycles. The van der Waals surface area contributed by atoms with Gasteiger partial charge in [0, 0.05) is 29.0 Å². The Morgan fingerprint density at radius 2 is 2.28 bits per heavy atom. The van der Waals surface area contributed by atoms with Crippen LogP contribution < -0.4 is 0 Å². The molecule has 4 nitrogen and oxygen atoms in total. The number of thiophene rings is 1. The quantitative estimate of drug-likeness (QED) is 0.899. The summed E-state index contributed by atoms with van der Waals surface area (Å²) >= 11 is 5.30. The first-order valence-corrected chi connectivity index (χ1v) is 7.60. The van der Waals surface area contributed by atoms with Crippen molar-refractivity contribution in [3.05, 3.63) is 20.8 Å². The van der Waals surface area contributed by atoms with Crippen LogP contribution in [0.4, 0.5) is 0 Å². The van der Waals surface area contributed by atoms with E-state index >= 15 is 0 Å². The third kappa shape index (κ3) is 4.05. The lowest BCUT2D eigenvalue weighted by Gasteiger charge is -2.31. The number of hydrogen-bond donors (Lipinski definition) is 1. The summed E-state index contributed by atoms with van der Waals surface area (Å²) in [4.78, 5) is 14.1. The number of ether oxygens (including phenoxy) is 1. The van der Waals surface area contributed by atoms with Gasteiger partial charge in [-0.1, -0.05) is 0 Å². The van der Waals surface area contributed by atoms with Crippen LogP contribution in [0.2, 0.25) is 0 Å². The summed E-state index contributed by atoms with van der Waals surface area (Å²) in [6.45, 7) is 2.72. The number of piperidine rings is 1. The summed E-state index contributed by atoms with van der Waals surface area (Å²) in [6.07, 6.45) is 1.93. The third-order valence-electron chi connectivity index (χ3n) is 3.04. The largest absolute Gasteiger partial charge is 0.480 e. The van der Waals surface area contributed by atoms with Gasteiger partial charge in [-0.15, -0.1) is 11.3 Å². The van der Waals surface area contributed by atoms with E-state index in [1.807, 2.05) is 0 Å². The SMILES string of the molecule is O=C(O)COC1CCN(Cc2sccc2Br)CC1. The molecule has 1 fully saturated rings. The lowest BCUT2D eigenvalue weighted by atomic mass is 10.1. The van der Waals surface area contributed by atoms with Crippen LogP contribution in [0.15, 0.2) is 15.9 Å². The summed E-state index contributed by atoms with van der Waals surface area (Å²) < 4.78 is 6.50. The van der Waals surface area contributed by atoms with Crippen molar-refractivity contribution in [1.29, 1.82) is 0 Å². The van der Waals surface area contributed by atoms with Gasteiger partial charge in [-0.2, -0.15) is 0 Å². The Labute approximate surface area is 119 Å². The summed E-state index contributed by atoms with van der Waals surface area (Å²) in [6, 6.07) is 2.07. The second-order valence-electron chi connectivity index (χ2n) is 4.37. The van der Waals surface area contributed by atoms with E-state index < -0.39 is 5.97 Å². The van der Waals surface area contributed by atoms with Crippen molar-refractivity contribution in [2.24, 2.45) is 0 Å². The summed E-state index contributed by atoms with van der Waals surface area (Å²) in [5.74, 6) is -0.889. The van der Waals surface area contributed by atoms with Crippen molar-refractivity contribution < 1.29 is 14.6 Å². The average Bonchev–Trinajstić information content (AvgIpc) is 2.74. The Morgan fingerprint density at radius 3 is 2.83 bits per heavy atom. The number of carboxylic acids is 1. The molecular weight excluding hydrogens is 318 g/mol. The van der Waals surface area contributed by atoms with Gasteiger partial charge < -0.3 is 9.84 Å². The van der Waals surface area contributed by atoms with E-state index in [4.69, 9.17) is 9.84 Å². The molecule has 100 valence electrons. The lowest BCUT2D eigenvalue weighted by Crippen LogP contribution is -2.37. The van der Waals surface area contributed by atoms with E-state index in [0.29, 0.717) is 0 Å². The molecule has 1 N–H and O–H groups in total. The van der Waals surface area contributed by atoms with Crippen molar-refractivity contribution in [2.75, 3.05) is 19.7 Å². The van der Waals surface area contributed by atoms with Gasteiger partial charge in [0.15, 0.2) is 0 Å². The molecule has 0 atom stereocenters. The minimum absolute atomic E-state index is 0.101. The number of halogens is 1. The first-order valence-electron chi connectivity index (χ1n) is 5.93. The molecule has 0 amide bonds. The summed E-state index contributed by atoms with van der Waals surface area (Å²) in [7, 11) is 0. The van der Waals surface area contributed by atoms with Crippen LogP contribution in [-0.4, -0.2) is 41.8 Å². The number of carboxylic acid groups (broad SMARTS) is 1. The van der Waals surface area contributed by atoms with Gasteiger partial charge in [-0.05, 0) is 40.2 Å². The maximum atomic E-state index is 10.4. The molecule has 1 aromatic rings. The molecule has 2 rings (SSSR count). The Kier molecular flexibility index (Phi) is 5.17. The molecule has 0 aromatic carbocycles. The lowest BCUT2D eigenvalue weighted by molar-refractivity contribution is -0.145. The van der Waals surface area contributed by atoms with E-state index in [-0.39, 0.29) is 12.7 Å². The molecule has 6 heteroatoms. The maximum absolute atomic E-state index is 10.4. The zero-order valence-electron chi connectivity index (χ0n) is 9.97. The van der Waals surface area contributed by atoms with Gasteiger partial charge in [0.25, 0.3) is 0 Å². The van der Waals surface area contributed by atoms with Crippen LogP contribution in [0.5, 0.6) is 0 Å². The molecule has 0 bridgehead atoms. The normalized spacial score (nSPS) is 18.1. The molecular formula is C12H16BrNO3S. The molecule has 0 saturated carbocycles. The van der Waals surface area contributed by atoms with E-state index in [9.17, 15) is 4.79 Å². The van der Waals surface area contributed by atoms with Crippen LogP contribution in [0.1, 0.15) is 17.7 Å². The Balaban J connectivity index is 1.73. The predicted octanol–water partition coefficient (Wildman–Crippen LogP) is 2.58. The first kappa shape index (κ1) is 14.0. The molecule has 0 spiro atoms. The zero-order valence-corrected chi connectivity index (χ0v) is 12.4. The highest BCUT2D eigenvalue weighted by molar-refractivity contribution is 9.10. The maximum Gasteiger partial charge on any atom is 0.329 e. The van der Waals surface area contributed by atoms with Gasteiger partial charge in [0.1, 0.15) is 6.61 Å². The minimum atomic E-state index is -0.889. The van der Waals surface area contributed by atoms with Gasteiger partial charge >= 0.3 is 5.97 Å². The topological polar surface area (TPSA) is 49.8 Å². The molecule has 0 radical (unpaired) electrons. The number of aliphatic carboxylic acids is 1. The van der Waals surface area contributed by atoms with Crippen LogP contribution in [0.3, 0.4) is 0 Å². The fourth-order valence-electron chi connectivity index (χ4n) is 2.06. The van der Waals surface area contributed by atoms with Crippen LogP contribution in [0.25, 0.3) is 0 Å². The molecule has 1 aliphatic rings. The van der Waals surface area contributed by atoms with Gasteiger partial charge in [-0.3, -0.25) is 4.90 Å². The number of nitrogens with zero attached hydrogens (tertiary/aromatic N) is 1. The highest BCUT2D eigenvalue weighted by Crippen LogP contribution is 2.25. The number of hydrogen-bond acceptors (Lipinski definition) is 4. The van der Waals surface area contributed by atoms with Crippen molar-refractivity contribution in [3.8, 4) is 0 Å². The Bertz CT molecular complexity index is 402.